The van der Waals surface area contributed by atoms with Crippen LogP contribution in [-0.4, -0.2) is 94.7 Å². The first-order valence-electron chi connectivity index (χ1n) is 18.9. The Hall–Kier alpha value is -2.49. The van der Waals surface area contributed by atoms with Gasteiger partial charge < -0.3 is 25.7 Å². The zero-order chi connectivity index (χ0) is 34.2. The molecule has 4 saturated carbocycles. The van der Waals surface area contributed by atoms with E-state index in [1.54, 1.807) is 0 Å². The molecule has 1 aliphatic heterocycles. The summed E-state index contributed by atoms with van der Waals surface area (Å²) in [5.74, 6) is 2.04. The number of carbonyl (C=O) groups is 3. The molecule has 0 radical (unpaired) electrons. The van der Waals surface area contributed by atoms with Crippen LogP contribution in [0.2, 0.25) is 0 Å². The monoisotopic (exact) mass is 664 g/mol. The van der Waals surface area contributed by atoms with E-state index in [2.05, 4.69) is 29.4 Å². The van der Waals surface area contributed by atoms with Gasteiger partial charge >= 0.3 is 0 Å². The second-order valence-electron chi connectivity index (χ2n) is 16.9. The minimum atomic E-state index is -0.752. The predicted octanol–water partition coefficient (Wildman–Crippen LogP) is 3.76. The van der Waals surface area contributed by atoms with Gasteiger partial charge in [0.2, 0.25) is 17.7 Å². The van der Waals surface area contributed by atoms with Gasteiger partial charge in [0.15, 0.2) is 0 Å². The second kappa shape index (κ2) is 14.4. The minimum Gasteiger partial charge on any atom is -0.393 e. The van der Waals surface area contributed by atoms with E-state index < -0.39 is 6.04 Å². The van der Waals surface area contributed by atoms with Gasteiger partial charge in [-0.2, -0.15) is 0 Å². The summed E-state index contributed by atoms with van der Waals surface area (Å²) in [6.45, 7) is 11.3. The number of hydrogen-bond donors (Lipinski definition) is 4. The van der Waals surface area contributed by atoms with Gasteiger partial charge in [-0.3, -0.25) is 19.3 Å². The first kappa shape index (κ1) is 35.3. The quantitative estimate of drug-likeness (QED) is 0.319. The molecule has 5 fully saturated rings. The fraction of sp³-hybridized carbons (Fsp3) is 0.769. The number of aliphatic hydroxyl groups is 2. The Balaban J connectivity index is 1.02. The van der Waals surface area contributed by atoms with Crippen molar-refractivity contribution >= 4 is 17.7 Å². The minimum absolute atomic E-state index is 0.0742. The lowest BCUT2D eigenvalue weighted by Crippen LogP contribution is -2.62. The molecule has 6 rings (SSSR count). The largest absolute Gasteiger partial charge is 0.393 e. The van der Waals surface area contributed by atoms with Crippen LogP contribution < -0.4 is 10.6 Å². The summed E-state index contributed by atoms with van der Waals surface area (Å²) in [6.07, 6.45) is 8.87. The molecule has 1 aromatic rings. The molecule has 0 aromatic heterocycles. The third kappa shape index (κ3) is 7.06. The molecule has 9 heteroatoms. The lowest BCUT2D eigenvalue weighted by molar-refractivity contribution is -0.156. The molecule has 4 N–H and O–H groups in total. The standard InChI is InChI=1S/C39H60N4O5/c1-25(2)20-35(46)41-31(21-26-8-6-5-7-9-26)37(48)40-24-36(47)43-18-16-42(17-19-43)32-23-39(4)27(22-33(32)44)10-11-28-29-12-13-34(45)38(29,3)15-14-30(28)39/h5-9,25,27-34,44-45H,10-24H2,1-4H3,(H,40,48)(H,41,46)/t27-,28-,29-,30-,31-,32-,33-,34-,38-,39-/m0/s1. The first-order valence-corrected chi connectivity index (χ1v) is 18.9. The van der Waals surface area contributed by atoms with Crippen molar-refractivity contribution in [2.75, 3.05) is 32.7 Å². The van der Waals surface area contributed by atoms with Crippen molar-refractivity contribution in [2.45, 2.75) is 116 Å². The van der Waals surface area contributed by atoms with Gasteiger partial charge in [-0.1, -0.05) is 58.0 Å². The zero-order valence-corrected chi connectivity index (χ0v) is 29.7. The van der Waals surface area contributed by atoms with Crippen LogP contribution in [0.3, 0.4) is 0 Å². The van der Waals surface area contributed by atoms with Crippen molar-refractivity contribution in [3.05, 3.63) is 35.9 Å². The molecule has 1 heterocycles. The highest BCUT2D eigenvalue weighted by Crippen LogP contribution is 2.66. The van der Waals surface area contributed by atoms with Crippen molar-refractivity contribution in [1.82, 2.24) is 20.4 Å². The Morgan fingerprint density at radius 3 is 2.33 bits per heavy atom. The van der Waals surface area contributed by atoms with Crippen LogP contribution in [0.5, 0.6) is 0 Å². The second-order valence-corrected chi connectivity index (χ2v) is 16.9. The van der Waals surface area contributed by atoms with E-state index in [0.717, 1.165) is 37.7 Å². The third-order valence-electron chi connectivity index (χ3n) is 13.7. The molecule has 266 valence electrons. The molecule has 0 bridgehead atoms. The van der Waals surface area contributed by atoms with E-state index in [4.69, 9.17) is 0 Å². The molecule has 5 aliphatic rings. The topological polar surface area (TPSA) is 122 Å². The van der Waals surface area contributed by atoms with Gasteiger partial charge in [0.05, 0.1) is 18.8 Å². The molecule has 0 spiro atoms. The lowest BCUT2D eigenvalue weighted by Gasteiger charge is -2.62. The maximum Gasteiger partial charge on any atom is 0.243 e. The highest BCUT2D eigenvalue weighted by Gasteiger charge is 2.61. The molecule has 4 aliphatic carbocycles. The van der Waals surface area contributed by atoms with Gasteiger partial charge in [-0.25, -0.2) is 0 Å². The summed E-state index contributed by atoms with van der Waals surface area (Å²) in [6, 6.07) is 8.94. The van der Waals surface area contributed by atoms with Crippen LogP contribution in [-0.2, 0) is 20.8 Å². The molecule has 10 atom stereocenters. The van der Waals surface area contributed by atoms with Crippen molar-refractivity contribution in [3.8, 4) is 0 Å². The normalized spacial score (nSPS) is 37.2. The van der Waals surface area contributed by atoms with Crippen LogP contribution in [0.1, 0.15) is 91.0 Å². The number of nitrogens with one attached hydrogen (secondary N) is 2. The Bertz CT molecular complexity index is 1300. The molecule has 9 nitrogen and oxygen atoms in total. The number of piperazine rings is 1. The van der Waals surface area contributed by atoms with Crippen LogP contribution >= 0.6 is 0 Å². The molecule has 1 saturated heterocycles. The number of fused-ring (bicyclic) bond motifs is 5. The van der Waals surface area contributed by atoms with E-state index in [1.807, 2.05) is 49.1 Å². The fourth-order valence-electron chi connectivity index (χ4n) is 11.0. The van der Waals surface area contributed by atoms with Crippen molar-refractivity contribution in [2.24, 2.45) is 40.4 Å². The molecule has 0 unspecified atom stereocenters. The maximum absolute atomic E-state index is 13.3. The van der Waals surface area contributed by atoms with Crippen molar-refractivity contribution in [3.63, 3.8) is 0 Å². The number of amides is 3. The van der Waals surface area contributed by atoms with Gasteiger partial charge in [-0.15, -0.1) is 0 Å². The molecular weight excluding hydrogens is 604 g/mol. The Morgan fingerprint density at radius 1 is 0.917 bits per heavy atom. The van der Waals surface area contributed by atoms with Crippen LogP contribution in [0, 0.1) is 40.4 Å². The van der Waals surface area contributed by atoms with E-state index in [-0.39, 0.29) is 59.3 Å². The summed E-state index contributed by atoms with van der Waals surface area (Å²) < 4.78 is 0. The van der Waals surface area contributed by atoms with Crippen LogP contribution in [0.15, 0.2) is 30.3 Å². The maximum atomic E-state index is 13.3. The third-order valence-corrected chi connectivity index (χ3v) is 13.7. The number of hydrogen-bond acceptors (Lipinski definition) is 6. The highest BCUT2D eigenvalue weighted by molar-refractivity contribution is 5.90. The summed E-state index contributed by atoms with van der Waals surface area (Å²) in [5.41, 5.74) is 1.21. The SMILES string of the molecule is CC(C)CC(=O)N[C@@H](Cc1ccccc1)C(=O)NCC(=O)N1CCN([C@H]2C[C@@]3(C)[C@@H](CC[C@@H]4[C@@H]3CC[C@]3(C)[C@@H](O)CC[C@@H]43)C[C@@H]2O)CC1. The van der Waals surface area contributed by atoms with E-state index in [1.165, 1.54) is 19.3 Å². The van der Waals surface area contributed by atoms with Crippen LogP contribution in [0.25, 0.3) is 0 Å². The molecular formula is C39H60N4O5. The highest BCUT2D eigenvalue weighted by atomic mass is 16.3. The number of aliphatic hydroxyl groups excluding tert-OH is 2. The number of nitrogens with zero attached hydrogens (tertiary/aromatic N) is 2. The van der Waals surface area contributed by atoms with E-state index >= 15 is 0 Å². The molecule has 48 heavy (non-hydrogen) atoms. The summed E-state index contributed by atoms with van der Waals surface area (Å²) in [4.78, 5) is 43.3. The Kier molecular flexibility index (Phi) is 10.6. The lowest BCUT2D eigenvalue weighted by atomic mass is 9.44. The summed E-state index contributed by atoms with van der Waals surface area (Å²) in [5, 5.41) is 28.0. The summed E-state index contributed by atoms with van der Waals surface area (Å²) in [7, 11) is 0. The first-order chi connectivity index (χ1) is 22.9. The van der Waals surface area contributed by atoms with Gasteiger partial charge in [0.1, 0.15) is 6.04 Å². The smallest absolute Gasteiger partial charge is 0.243 e. The Morgan fingerprint density at radius 2 is 1.62 bits per heavy atom. The summed E-state index contributed by atoms with van der Waals surface area (Å²) >= 11 is 0. The average molecular weight is 665 g/mol. The number of benzene rings is 1. The molecule has 3 amide bonds. The fourth-order valence-corrected chi connectivity index (χ4v) is 11.0. The van der Waals surface area contributed by atoms with Gasteiger partial charge in [0.25, 0.3) is 0 Å². The van der Waals surface area contributed by atoms with E-state index in [9.17, 15) is 24.6 Å². The van der Waals surface area contributed by atoms with Gasteiger partial charge in [0, 0.05) is 45.1 Å². The van der Waals surface area contributed by atoms with E-state index in [0.29, 0.717) is 62.7 Å². The van der Waals surface area contributed by atoms with Gasteiger partial charge in [-0.05, 0) is 97.3 Å². The average Bonchev–Trinajstić information content (AvgIpc) is 3.37. The predicted molar refractivity (Wildman–Crippen MR) is 186 cm³/mol. The van der Waals surface area contributed by atoms with Crippen molar-refractivity contribution in [1.29, 1.82) is 0 Å². The van der Waals surface area contributed by atoms with Crippen molar-refractivity contribution < 1.29 is 24.6 Å². The molecule has 1 aromatic carbocycles. The Labute approximate surface area is 287 Å². The van der Waals surface area contributed by atoms with Crippen LogP contribution in [0.4, 0.5) is 0 Å². The zero-order valence-electron chi connectivity index (χ0n) is 29.7. The number of rotatable bonds is 9. The number of carbonyl (C=O) groups excluding carboxylic acids is 3.